The summed E-state index contributed by atoms with van der Waals surface area (Å²) in [7, 11) is 3.28. The number of nitrogens with zero attached hydrogens (tertiary/aromatic N) is 1. The van der Waals surface area contributed by atoms with Crippen molar-refractivity contribution in [1.82, 2.24) is 4.90 Å². The summed E-state index contributed by atoms with van der Waals surface area (Å²) >= 11 is 0. The molecule has 0 aliphatic heterocycles. The van der Waals surface area contributed by atoms with Gasteiger partial charge >= 0.3 is 0 Å². The quantitative estimate of drug-likeness (QED) is 0.833. The summed E-state index contributed by atoms with van der Waals surface area (Å²) < 4.78 is 5.19. The highest BCUT2D eigenvalue weighted by Gasteiger charge is 2.16. The van der Waals surface area contributed by atoms with Gasteiger partial charge in [0.25, 0.3) is 0 Å². The Hall–Kier alpha value is -1.55. The Kier molecular flexibility index (Phi) is 4.97. The van der Waals surface area contributed by atoms with Crippen LogP contribution in [0.2, 0.25) is 0 Å². The first-order valence-electron chi connectivity index (χ1n) is 5.58. The van der Waals surface area contributed by atoms with Crippen molar-refractivity contribution >= 4 is 5.91 Å². The van der Waals surface area contributed by atoms with Gasteiger partial charge in [-0.05, 0) is 13.0 Å². The first kappa shape index (κ1) is 13.5. The van der Waals surface area contributed by atoms with Crippen LogP contribution in [0.3, 0.4) is 0 Å². The number of likely N-dealkylation sites (N-methyl/N-ethyl adjacent to an activating group) is 1. The van der Waals surface area contributed by atoms with Gasteiger partial charge in [0.2, 0.25) is 5.91 Å². The van der Waals surface area contributed by atoms with Crippen molar-refractivity contribution in [3.63, 3.8) is 0 Å². The van der Waals surface area contributed by atoms with E-state index >= 15 is 0 Å². The summed E-state index contributed by atoms with van der Waals surface area (Å²) in [6.07, 6.45) is 0.283. The molecule has 1 atom stereocenters. The summed E-state index contributed by atoms with van der Waals surface area (Å²) in [6.45, 7) is 1.77. The lowest BCUT2D eigenvalue weighted by Gasteiger charge is -2.23. The van der Waals surface area contributed by atoms with Gasteiger partial charge in [0.05, 0.1) is 26.2 Å². The number of hydrogen-bond donors (Lipinski definition) is 1. The second-order valence-corrected chi connectivity index (χ2v) is 4.02. The summed E-state index contributed by atoms with van der Waals surface area (Å²) in [6, 6.07) is 7.27. The first-order valence-corrected chi connectivity index (χ1v) is 5.58. The number of rotatable bonds is 5. The molecular weight excluding hydrogens is 218 g/mol. The van der Waals surface area contributed by atoms with E-state index in [0.717, 1.165) is 5.56 Å². The molecule has 1 rings (SSSR count). The number of para-hydroxylation sites is 1. The molecule has 94 valence electrons. The van der Waals surface area contributed by atoms with Gasteiger partial charge in [-0.15, -0.1) is 0 Å². The minimum Gasteiger partial charge on any atom is -0.496 e. The molecule has 0 fully saturated rings. The van der Waals surface area contributed by atoms with Crippen molar-refractivity contribution in [3.8, 4) is 5.75 Å². The molecule has 1 aromatic rings. The van der Waals surface area contributed by atoms with E-state index in [1.165, 1.54) is 0 Å². The number of amides is 1. The van der Waals surface area contributed by atoms with Gasteiger partial charge in [-0.3, -0.25) is 4.79 Å². The van der Waals surface area contributed by atoms with E-state index in [1.807, 2.05) is 24.3 Å². The zero-order chi connectivity index (χ0) is 12.8. The second kappa shape index (κ2) is 6.25. The fraction of sp³-hybridized carbons (Fsp3) is 0.462. The molecule has 4 heteroatoms. The van der Waals surface area contributed by atoms with E-state index in [1.54, 1.807) is 26.0 Å². The lowest BCUT2D eigenvalue weighted by atomic mass is 10.1. The number of methoxy groups -OCH3 is 1. The number of ether oxygens (including phenoxy) is 1. The minimum atomic E-state index is -0.169. The number of aliphatic hydroxyl groups is 1. The summed E-state index contributed by atoms with van der Waals surface area (Å²) in [5, 5.41) is 9.00. The topological polar surface area (TPSA) is 49.8 Å². The van der Waals surface area contributed by atoms with Gasteiger partial charge < -0.3 is 14.7 Å². The zero-order valence-electron chi connectivity index (χ0n) is 10.5. The third-order valence-electron chi connectivity index (χ3n) is 2.85. The van der Waals surface area contributed by atoms with Gasteiger partial charge in [-0.1, -0.05) is 18.2 Å². The van der Waals surface area contributed by atoms with Crippen LogP contribution in [0.25, 0.3) is 0 Å². The average Bonchev–Trinajstić information content (AvgIpc) is 2.37. The van der Waals surface area contributed by atoms with Crippen LogP contribution >= 0.6 is 0 Å². The molecule has 0 saturated carbocycles. The van der Waals surface area contributed by atoms with Crippen LogP contribution in [-0.4, -0.2) is 42.7 Å². The van der Waals surface area contributed by atoms with Crippen molar-refractivity contribution in [2.24, 2.45) is 0 Å². The standard InChI is InChI=1S/C13H19NO3/c1-10(9-15)14(2)13(16)8-11-6-4-5-7-12(11)17-3/h4-7,10,15H,8-9H2,1-3H3. The number of benzene rings is 1. The van der Waals surface area contributed by atoms with E-state index < -0.39 is 0 Å². The Labute approximate surface area is 102 Å². The molecule has 0 saturated heterocycles. The van der Waals surface area contributed by atoms with E-state index in [0.29, 0.717) is 5.75 Å². The van der Waals surface area contributed by atoms with Crippen LogP contribution in [0, 0.1) is 0 Å². The monoisotopic (exact) mass is 237 g/mol. The molecule has 0 heterocycles. The molecule has 1 amide bonds. The maximum Gasteiger partial charge on any atom is 0.227 e. The average molecular weight is 237 g/mol. The summed E-state index contributed by atoms with van der Waals surface area (Å²) in [4.78, 5) is 13.5. The van der Waals surface area contributed by atoms with Crippen LogP contribution in [0.15, 0.2) is 24.3 Å². The number of carbonyl (C=O) groups is 1. The summed E-state index contributed by atoms with van der Waals surface area (Å²) in [5.41, 5.74) is 0.858. The third kappa shape index (κ3) is 3.46. The van der Waals surface area contributed by atoms with Gasteiger partial charge in [0.15, 0.2) is 0 Å². The molecule has 1 aromatic carbocycles. The highest BCUT2D eigenvalue weighted by atomic mass is 16.5. The minimum absolute atomic E-state index is 0.0314. The predicted octanol–water partition coefficient (Wildman–Crippen LogP) is 1.08. The zero-order valence-corrected chi connectivity index (χ0v) is 10.5. The van der Waals surface area contributed by atoms with Gasteiger partial charge in [0.1, 0.15) is 5.75 Å². The Morgan fingerprint density at radius 3 is 2.71 bits per heavy atom. The van der Waals surface area contributed by atoms with Crippen molar-refractivity contribution in [1.29, 1.82) is 0 Å². The fourth-order valence-corrected chi connectivity index (χ4v) is 1.50. The van der Waals surface area contributed by atoms with Crippen LogP contribution in [0.1, 0.15) is 12.5 Å². The summed E-state index contributed by atoms with van der Waals surface area (Å²) in [5.74, 6) is 0.682. The number of carbonyl (C=O) groups excluding carboxylic acids is 1. The first-order chi connectivity index (χ1) is 8.10. The van der Waals surface area contributed by atoms with E-state index in [9.17, 15) is 4.79 Å². The van der Waals surface area contributed by atoms with Crippen molar-refractivity contribution in [2.45, 2.75) is 19.4 Å². The second-order valence-electron chi connectivity index (χ2n) is 4.02. The lowest BCUT2D eigenvalue weighted by Crippen LogP contribution is -2.38. The van der Waals surface area contributed by atoms with Crippen LogP contribution < -0.4 is 4.74 Å². The molecule has 1 unspecified atom stereocenters. The van der Waals surface area contributed by atoms with E-state index in [-0.39, 0.29) is 25.0 Å². The predicted molar refractivity (Wildman–Crippen MR) is 66.0 cm³/mol. The normalized spacial score (nSPS) is 12.0. The van der Waals surface area contributed by atoms with Crippen LogP contribution in [-0.2, 0) is 11.2 Å². The highest BCUT2D eigenvalue weighted by molar-refractivity contribution is 5.79. The highest BCUT2D eigenvalue weighted by Crippen LogP contribution is 2.18. The molecule has 17 heavy (non-hydrogen) atoms. The maximum absolute atomic E-state index is 11.9. The van der Waals surface area contributed by atoms with Gasteiger partial charge in [-0.25, -0.2) is 0 Å². The Bertz CT molecular complexity index is 379. The van der Waals surface area contributed by atoms with Crippen LogP contribution in [0.5, 0.6) is 5.75 Å². The Morgan fingerprint density at radius 1 is 1.47 bits per heavy atom. The Morgan fingerprint density at radius 2 is 2.12 bits per heavy atom. The largest absolute Gasteiger partial charge is 0.496 e. The van der Waals surface area contributed by atoms with E-state index in [2.05, 4.69) is 0 Å². The SMILES string of the molecule is COc1ccccc1CC(=O)N(C)C(C)CO. The van der Waals surface area contributed by atoms with Crippen molar-refractivity contribution < 1.29 is 14.6 Å². The van der Waals surface area contributed by atoms with Crippen molar-refractivity contribution in [2.75, 3.05) is 20.8 Å². The number of hydrogen-bond acceptors (Lipinski definition) is 3. The maximum atomic E-state index is 11.9. The molecule has 4 nitrogen and oxygen atoms in total. The molecule has 0 aliphatic carbocycles. The van der Waals surface area contributed by atoms with Crippen LogP contribution in [0.4, 0.5) is 0 Å². The number of aliphatic hydroxyl groups excluding tert-OH is 1. The molecule has 0 aliphatic rings. The van der Waals surface area contributed by atoms with Gasteiger partial charge in [-0.2, -0.15) is 0 Å². The Balaban J connectivity index is 2.74. The molecule has 0 bridgehead atoms. The third-order valence-corrected chi connectivity index (χ3v) is 2.85. The van der Waals surface area contributed by atoms with E-state index in [4.69, 9.17) is 9.84 Å². The van der Waals surface area contributed by atoms with Gasteiger partial charge in [0, 0.05) is 12.6 Å². The van der Waals surface area contributed by atoms with Crippen molar-refractivity contribution in [3.05, 3.63) is 29.8 Å². The molecular formula is C13H19NO3. The molecule has 0 radical (unpaired) electrons. The lowest BCUT2D eigenvalue weighted by molar-refractivity contribution is -0.131. The molecule has 1 N–H and O–H groups in total. The molecule has 0 aromatic heterocycles. The fourth-order valence-electron chi connectivity index (χ4n) is 1.50. The smallest absolute Gasteiger partial charge is 0.227 e. The molecule has 0 spiro atoms.